The average Bonchev–Trinajstić information content (AvgIpc) is 2.96. The summed E-state index contributed by atoms with van der Waals surface area (Å²) in [6.45, 7) is 4.10. The van der Waals surface area contributed by atoms with Gasteiger partial charge in [0.15, 0.2) is 0 Å². The third-order valence-electron chi connectivity index (χ3n) is 6.70. The lowest BCUT2D eigenvalue weighted by Crippen LogP contribution is -2.52. The number of esters is 2. The molecule has 0 N–H and O–H groups in total. The number of aromatic nitrogens is 1. The zero-order valence-electron chi connectivity index (χ0n) is 23.4. The van der Waals surface area contributed by atoms with Crippen LogP contribution in [0, 0.1) is 11.6 Å². The molecule has 1 aliphatic heterocycles. The summed E-state index contributed by atoms with van der Waals surface area (Å²) in [4.78, 5) is 45.3. The lowest BCUT2D eigenvalue weighted by molar-refractivity contribution is -0.165. The van der Waals surface area contributed by atoms with E-state index in [2.05, 4.69) is 5.16 Å². The van der Waals surface area contributed by atoms with Crippen molar-refractivity contribution in [3.8, 4) is 5.69 Å². The molecule has 1 saturated heterocycles. The quantitative estimate of drug-likeness (QED) is 0.131. The third kappa shape index (κ3) is 7.59. The van der Waals surface area contributed by atoms with Gasteiger partial charge in [0.2, 0.25) is 6.04 Å². The number of hydrogen-bond acceptors (Lipinski definition) is 8. The van der Waals surface area contributed by atoms with Crippen LogP contribution < -0.4 is 5.56 Å². The number of nitrogens with zero attached hydrogens (tertiary/aromatic N) is 3. The second-order valence-corrected chi connectivity index (χ2v) is 10.3. The Hall–Kier alpha value is -3.80. The van der Waals surface area contributed by atoms with Gasteiger partial charge in [-0.1, -0.05) is 34.4 Å². The zero-order chi connectivity index (χ0) is 31.1. The molecule has 0 bridgehead atoms. The Morgan fingerprint density at radius 2 is 1.60 bits per heavy atom. The summed E-state index contributed by atoms with van der Waals surface area (Å²) in [6, 6.07) is 9.26. The number of para-hydroxylation sites is 1. The zero-order valence-corrected chi connectivity index (χ0v) is 24.9. The van der Waals surface area contributed by atoms with E-state index in [1.165, 1.54) is 29.0 Å². The largest absolute Gasteiger partial charge is 0.464 e. The van der Waals surface area contributed by atoms with E-state index in [9.17, 15) is 18.8 Å². The SMILES string of the molecule is CCOC(=O)C(C(=O)OCC)N1CCC(ON=C(c2ccc(=O)n(-c3c(Cl)cccc3Cl)c2)c2ccc(F)cc2F)CC1. The molecule has 13 heteroatoms. The first-order valence-electron chi connectivity index (χ1n) is 13.6. The summed E-state index contributed by atoms with van der Waals surface area (Å²) < 4.78 is 40.2. The molecule has 43 heavy (non-hydrogen) atoms. The maximum absolute atomic E-state index is 15.0. The highest BCUT2D eigenvalue weighted by Crippen LogP contribution is 2.28. The number of hydrogen-bond donors (Lipinski definition) is 0. The van der Waals surface area contributed by atoms with Crippen LogP contribution in [0.5, 0.6) is 0 Å². The van der Waals surface area contributed by atoms with Crippen LogP contribution in [0.2, 0.25) is 10.0 Å². The van der Waals surface area contributed by atoms with E-state index in [0.717, 1.165) is 12.1 Å². The lowest BCUT2D eigenvalue weighted by atomic mass is 10.0. The van der Waals surface area contributed by atoms with Crippen LogP contribution in [-0.2, 0) is 23.9 Å². The monoisotopic (exact) mass is 635 g/mol. The number of oxime groups is 1. The van der Waals surface area contributed by atoms with Gasteiger partial charge in [0.1, 0.15) is 23.5 Å². The van der Waals surface area contributed by atoms with Crippen LogP contribution in [0.1, 0.15) is 37.8 Å². The number of pyridine rings is 1. The highest BCUT2D eigenvalue weighted by Gasteiger charge is 2.38. The summed E-state index contributed by atoms with van der Waals surface area (Å²) in [5, 5.41) is 4.68. The first kappa shape index (κ1) is 32.1. The molecule has 9 nitrogen and oxygen atoms in total. The van der Waals surface area contributed by atoms with E-state index in [1.807, 2.05) is 0 Å². The number of likely N-dealkylation sites (tertiary alicyclic amines) is 1. The Labute approximate surface area is 256 Å². The van der Waals surface area contributed by atoms with Crippen LogP contribution in [0.3, 0.4) is 0 Å². The van der Waals surface area contributed by atoms with Crippen molar-refractivity contribution in [1.82, 2.24) is 9.47 Å². The first-order chi connectivity index (χ1) is 20.6. The molecular formula is C30H29Cl2F2N3O6. The van der Waals surface area contributed by atoms with E-state index in [4.69, 9.17) is 37.5 Å². The van der Waals surface area contributed by atoms with Crippen LogP contribution in [-0.4, -0.2) is 65.6 Å². The fourth-order valence-electron chi connectivity index (χ4n) is 4.66. The average molecular weight is 636 g/mol. The number of ether oxygens (including phenoxy) is 2. The minimum atomic E-state index is -1.20. The summed E-state index contributed by atoms with van der Waals surface area (Å²) in [6.07, 6.45) is 1.66. The molecule has 1 aromatic heterocycles. The van der Waals surface area contributed by atoms with Crippen molar-refractivity contribution in [3.63, 3.8) is 0 Å². The maximum Gasteiger partial charge on any atom is 0.335 e. The smallest absolute Gasteiger partial charge is 0.335 e. The van der Waals surface area contributed by atoms with Gasteiger partial charge in [-0.05, 0) is 57.0 Å². The van der Waals surface area contributed by atoms with Gasteiger partial charge in [-0.3, -0.25) is 14.3 Å². The number of carbonyl (C=O) groups is 2. The van der Waals surface area contributed by atoms with Gasteiger partial charge >= 0.3 is 11.9 Å². The maximum atomic E-state index is 15.0. The standard InChI is InChI=1S/C30H29Cl2F2N3O6/c1-3-41-29(39)28(30(40)42-4-2)36-14-12-20(13-15-36)43-35-26(21-10-9-19(33)16-24(21)34)18-8-11-25(38)37(17-18)27-22(31)6-5-7-23(27)32/h5-11,16-17,20,28H,3-4,12-15H2,1-2H3. The van der Waals surface area contributed by atoms with E-state index in [1.54, 1.807) is 36.9 Å². The van der Waals surface area contributed by atoms with Gasteiger partial charge in [0.05, 0.1) is 28.9 Å². The van der Waals surface area contributed by atoms with Crippen LogP contribution >= 0.6 is 23.2 Å². The molecule has 2 aromatic carbocycles. The number of benzene rings is 2. The third-order valence-corrected chi connectivity index (χ3v) is 7.31. The Kier molecular flexibility index (Phi) is 10.9. The van der Waals surface area contributed by atoms with Crippen molar-refractivity contribution >= 4 is 40.9 Å². The second kappa shape index (κ2) is 14.6. The number of carbonyl (C=O) groups excluding carboxylic acids is 2. The molecule has 0 unspecified atom stereocenters. The Morgan fingerprint density at radius 1 is 0.977 bits per heavy atom. The van der Waals surface area contributed by atoms with Gasteiger partial charge < -0.3 is 14.3 Å². The molecule has 3 aromatic rings. The summed E-state index contributed by atoms with van der Waals surface area (Å²) in [5.74, 6) is -3.06. The van der Waals surface area contributed by atoms with E-state index in [-0.39, 0.29) is 45.8 Å². The highest BCUT2D eigenvalue weighted by atomic mass is 35.5. The molecule has 0 radical (unpaired) electrons. The Bertz CT molecular complexity index is 1540. The van der Waals surface area contributed by atoms with Crippen molar-refractivity contribution in [2.75, 3.05) is 26.3 Å². The normalized spacial score (nSPS) is 14.5. The molecule has 4 rings (SSSR count). The topological polar surface area (TPSA) is 99.4 Å². The summed E-state index contributed by atoms with van der Waals surface area (Å²) in [5.41, 5.74) is -0.0404. The number of piperidine rings is 1. The highest BCUT2D eigenvalue weighted by molar-refractivity contribution is 6.37. The molecule has 0 aliphatic carbocycles. The summed E-state index contributed by atoms with van der Waals surface area (Å²) in [7, 11) is 0. The predicted molar refractivity (Wildman–Crippen MR) is 157 cm³/mol. The van der Waals surface area contributed by atoms with Crippen molar-refractivity contribution in [3.05, 3.63) is 97.9 Å². The molecule has 0 atom stereocenters. The fraction of sp³-hybridized carbons (Fsp3) is 0.333. The number of rotatable bonds is 10. The molecule has 1 fully saturated rings. The van der Waals surface area contributed by atoms with Crippen molar-refractivity contribution in [1.29, 1.82) is 0 Å². The van der Waals surface area contributed by atoms with Crippen molar-refractivity contribution < 1.29 is 32.7 Å². The molecule has 0 amide bonds. The fourth-order valence-corrected chi connectivity index (χ4v) is 5.24. The van der Waals surface area contributed by atoms with Crippen LogP contribution in [0.15, 0.2) is 64.7 Å². The van der Waals surface area contributed by atoms with E-state index in [0.29, 0.717) is 25.9 Å². The Balaban J connectivity index is 1.63. The molecule has 2 heterocycles. The van der Waals surface area contributed by atoms with Gasteiger partial charge in [-0.2, -0.15) is 0 Å². The predicted octanol–water partition coefficient (Wildman–Crippen LogP) is 5.15. The molecule has 1 aliphatic rings. The van der Waals surface area contributed by atoms with Gasteiger partial charge in [0, 0.05) is 42.5 Å². The lowest BCUT2D eigenvalue weighted by Gasteiger charge is -2.34. The van der Waals surface area contributed by atoms with Gasteiger partial charge in [-0.15, -0.1) is 0 Å². The second-order valence-electron chi connectivity index (χ2n) is 9.51. The number of halogens is 4. The van der Waals surface area contributed by atoms with E-state index < -0.39 is 41.3 Å². The van der Waals surface area contributed by atoms with E-state index >= 15 is 4.39 Å². The minimum absolute atomic E-state index is 0.00669. The van der Waals surface area contributed by atoms with Crippen LogP contribution in [0.4, 0.5) is 8.78 Å². The summed E-state index contributed by atoms with van der Waals surface area (Å²) >= 11 is 12.7. The molecule has 0 spiro atoms. The molecule has 0 saturated carbocycles. The van der Waals surface area contributed by atoms with Crippen molar-refractivity contribution in [2.24, 2.45) is 5.16 Å². The van der Waals surface area contributed by atoms with Gasteiger partial charge in [-0.25, -0.2) is 18.4 Å². The van der Waals surface area contributed by atoms with Gasteiger partial charge in [0.25, 0.3) is 5.56 Å². The Morgan fingerprint density at radius 3 is 2.19 bits per heavy atom. The minimum Gasteiger partial charge on any atom is -0.464 e. The molecule has 228 valence electrons. The first-order valence-corrected chi connectivity index (χ1v) is 14.3. The molecular weight excluding hydrogens is 607 g/mol. The van der Waals surface area contributed by atoms with Crippen molar-refractivity contribution in [2.45, 2.75) is 38.8 Å². The van der Waals surface area contributed by atoms with Crippen LogP contribution in [0.25, 0.3) is 5.69 Å².